The summed E-state index contributed by atoms with van der Waals surface area (Å²) >= 11 is -0.272. The molecular formula is C20H14F3N3O2S. The number of hydrogen-bond acceptors (Lipinski definition) is 5. The first-order valence-electron chi connectivity index (χ1n) is 8.43. The first-order valence-corrected chi connectivity index (χ1v) is 9.24. The molecule has 1 amide bonds. The van der Waals surface area contributed by atoms with Gasteiger partial charge < -0.3 is 10.1 Å². The number of nitriles is 2. The van der Waals surface area contributed by atoms with Gasteiger partial charge in [0.15, 0.2) is 5.54 Å². The lowest BCUT2D eigenvalue weighted by Gasteiger charge is -2.29. The third-order valence-electron chi connectivity index (χ3n) is 4.46. The van der Waals surface area contributed by atoms with Crippen molar-refractivity contribution in [2.24, 2.45) is 0 Å². The van der Waals surface area contributed by atoms with Crippen molar-refractivity contribution in [2.75, 3.05) is 0 Å². The molecule has 2 atom stereocenters. The molecule has 148 valence electrons. The van der Waals surface area contributed by atoms with Crippen LogP contribution in [0.5, 0.6) is 5.75 Å². The Balaban J connectivity index is 1.73. The highest BCUT2D eigenvalue weighted by molar-refractivity contribution is 8.00. The Kier molecular flexibility index (Phi) is 5.45. The Bertz CT molecular complexity index is 1030. The largest absolute Gasteiger partial charge is 0.486 e. The van der Waals surface area contributed by atoms with E-state index in [0.29, 0.717) is 17.7 Å². The van der Waals surface area contributed by atoms with Gasteiger partial charge in [0.05, 0.1) is 17.7 Å². The van der Waals surface area contributed by atoms with Crippen LogP contribution in [0.25, 0.3) is 0 Å². The van der Waals surface area contributed by atoms with E-state index in [-0.39, 0.29) is 22.2 Å². The van der Waals surface area contributed by atoms with Crippen LogP contribution in [-0.4, -0.2) is 23.1 Å². The number of thioether (sulfide) groups is 1. The van der Waals surface area contributed by atoms with Gasteiger partial charge >= 0.3 is 5.51 Å². The lowest BCUT2D eigenvalue weighted by atomic mass is 9.92. The summed E-state index contributed by atoms with van der Waals surface area (Å²) in [5.41, 5.74) is -4.45. The maximum absolute atomic E-state index is 12.6. The van der Waals surface area contributed by atoms with E-state index < -0.39 is 23.1 Å². The zero-order valence-electron chi connectivity index (χ0n) is 15.1. The van der Waals surface area contributed by atoms with Gasteiger partial charge in [-0.25, -0.2) is 0 Å². The zero-order chi connectivity index (χ0) is 21.2. The third-order valence-corrected chi connectivity index (χ3v) is 5.20. The minimum absolute atomic E-state index is 0.0417. The van der Waals surface area contributed by atoms with E-state index in [1.54, 1.807) is 18.2 Å². The minimum Gasteiger partial charge on any atom is -0.486 e. The quantitative estimate of drug-likeness (QED) is 0.754. The number of hydrogen-bond donors (Lipinski definition) is 1. The number of ether oxygens (including phenoxy) is 1. The molecular weight excluding hydrogens is 403 g/mol. The molecule has 0 radical (unpaired) electrons. The van der Waals surface area contributed by atoms with Crippen LogP contribution < -0.4 is 10.1 Å². The van der Waals surface area contributed by atoms with Crippen LogP contribution in [0, 0.1) is 22.7 Å². The number of nitrogens with zero attached hydrogens (tertiary/aromatic N) is 2. The predicted octanol–water partition coefficient (Wildman–Crippen LogP) is 4.19. The second-order valence-electron chi connectivity index (χ2n) is 6.59. The van der Waals surface area contributed by atoms with E-state index in [1.807, 2.05) is 6.07 Å². The smallest absolute Gasteiger partial charge is 0.446 e. The van der Waals surface area contributed by atoms with Crippen LogP contribution in [0.2, 0.25) is 0 Å². The molecule has 0 aliphatic carbocycles. The summed E-state index contributed by atoms with van der Waals surface area (Å²) in [4.78, 5) is 12.5. The molecule has 5 nitrogen and oxygen atoms in total. The topological polar surface area (TPSA) is 85.9 Å². The van der Waals surface area contributed by atoms with Gasteiger partial charge in [-0.05, 0) is 66.7 Å². The molecule has 2 aromatic carbocycles. The molecule has 0 aromatic heterocycles. The van der Waals surface area contributed by atoms with Crippen LogP contribution in [0.1, 0.15) is 28.4 Å². The highest BCUT2D eigenvalue weighted by atomic mass is 32.2. The average Bonchev–Trinajstić information content (AvgIpc) is 3.11. The summed E-state index contributed by atoms with van der Waals surface area (Å²) in [5.74, 6) is -0.0619. The SMILES string of the molecule is C[C@](C#N)(NC(=O)c1ccc(SC(F)(F)F)cc1)[C@@H]1Cc2cc(C#N)ccc2O1. The molecule has 0 saturated carbocycles. The molecule has 0 spiro atoms. The van der Waals surface area contributed by atoms with Crippen LogP contribution in [0.3, 0.4) is 0 Å². The molecule has 1 heterocycles. The lowest BCUT2D eigenvalue weighted by Crippen LogP contribution is -2.55. The van der Waals surface area contributed by atoms with Crippen molar-refractivity contribution in [3.8, 4) is 17.9 Å². The fourth-order valence-electron chi connectivity index (χ4n) is 2.94. The number of amides is 1. The zero-order valence-corrected chi connectivity index (χ0v) is 15.9. The third kappa shape index (κ3) is 4.64. The molecule has 0 bridgehead atoms. The Labute approximate surface area is 169 Å². The van der Waals surface area contributed by atoms with E-state index in [4.69, 9.17) is 10.00 Å². The number of rotatable bonds is 4. The summed E-state index contributed by atoms with van der Waals surface area (Å²) in [6.07, 6.45) is -0.350. The molecule has 9 heteroatoms. The normalized spacial score (nSPS) is 17.2. The van der Waals surface area contributed by atoms with E-state index in [2.05, 4.69) is 11.4 Å². The van der Waals surface area contributed by atoms with Gasteiger partial charge in [0.1, 0.15) is 11.9 Å². The summed E-state index contributed by atoms with van der Waals surface area (Å²) in [6.45, 7) is 1.51. The van der Waals surface area contributed by atoms with Gasteiger partial charge in [0.25, 0.3) is 5.91 Å². The minimum atomic E-state index is -4.41. The van der Waals surface area contributed by atoms with Crippen molar-refractivity contribution < 1.29 is 22.7 Å². The van der Waals surface area contributed by atoms with E-state index >= 15 is 0 Å². The molecule has 0 fully saturated rings. The van der Waals surface area contributed by atoms with Crippen molar-refractivity contribution in [3.05, 3.63) is 59.2 Å². The second kappa shape index (κ2) is 7.69. The van der Waals surface area contributed by atoms with E-state index in [1.165, 1.54) is 31.2 Å². The Morgan fingerprint density at radius 2 is 1.90 bits per heavy atom. The fourth-order valence-corrected chi connectivity index (χ4v) is 3.48. The molecule has 1 aliphatic heterocycles. The summed E-state index contributed by atoms with van der Waals surface area (Å²) in [6, 6.07) is 13.9. The first-order chi connectivity index (χ1) is 13.6. The molecule has 1 aliphatic rings. The number of nitrogens with one attached hydrogen (secondary N) is 1. The number of alkyl halides is 3. The number of fused-ring (bicyclic) bond motifs is 1. The van der Waals surface area contributed by atoms with Gasteiger partial charge in [-0.1, -0.05) is 0 Å². The Hall–Kier alpha value is -3.17. The molecule has 0 saturated heterocycles. The average molecular weight is 417 g/mol. The van der Waals surface area contributed by atoms with Gasteiger partial charge in [0.2, 0.25) is 0 Å². The van der Waals surface area contributed by atoms with Crippen LogP contribution in [0.15, 0.2) is 47.4 Å². The molecule has 1 N–H and O–H groups in total. The molecule has 2 aromatic rings. The molecule has 0 unspecified atom stereocenters. The lowest BCUT2D eigenvalue weighted by molar-refractivity contribution is -0.0328. The van der Waals surface area contributed by atoms with Crippen molar-refractivity contribution in [1.29, 1.82) is 10.5 Å². The summed E-state index contributed by atoms with van der Waals surface area (Å²) < 4.78 is 43.1. The number of halogens is 3. The summed E-state index contributed by atoms with van der Waals surface area (Å²) in [5, 5.41) is 21.3. The highest BCUT2D eigenvalue weighted by Crippen LogP contribution is 2.37. The van der Waals surface area contributed by atoms with Crippen LogP contribution in [-0.2, 0) is 6.42 Å². The highest BCUT2D eigenvalue weighted by Gasteiger charge is 2.42. The van der Waals surface area contributed by atoms with Crippen LogP contribution >= 0.6 is 11.8 Å². The fraction of sp³-hybridized carbons (Fsp3) is 0.250. The number of benzene rings is 2. The van der Waals surface area contributed by atoms with Crippen LogP contribution in [0.4, 0.5) is 13.2 Å². The maximum Gasteiger partial charge on any atom is 0.446 e. The maximum atomic E-state index is 12.6. The Morgan fingerprint density at radius 1 is 1.21 bits per heavy atom. The molecule has 29 heavy (non-hydrogen) atoms. The second-order valence-corrected chi connectivity index (χ2v) is 7.72. The van der Waals surface area contributed by atoms with Crippen molar-refractivity contribution in [3.63, 3.8) is 0 Å². The van der Waals surface area contributed by atoms with Crippen molar-refractivity contribution in [2.45, 2.75) is 35.4 Å². The standard InChI is InChI=1S/C20H14F3N3O2S/c1-19(11-25,17-9-14-8-12(10-24)2-7-16(14)28-17)26-18(27)13-3-5-15(6-4-13)29-20(21,22)23/h2-8,17H,9H2,1H3,(H,26,27)/t17-,19+/m0/s1. The van der Waals surface area contributed by atoms with Crippen molar-refractivity contribution >= 4 is 17.7 Å². The van der Waals surface area contributed by atoms with E-state index in [9.17, 15) is 23.2 Å². The van der Waals surface area contributed by atoms with Crippen molar-refractivity contribution in [1.82, 2.24) is 5.32 Å². The van der Waals surface area contributed by atoms with E-state index in [0.717, 1.165) is 5.56 Å². The van der Waals surface area contributed by atoms with Gasteiger partial charge in [-0.3, -0.25) is 4.79 Å². The van der Waals surface area contributed by atoms with Gasteiger partial charge in [-0.2, -0.15) is 23.7 Å². The van der Waals surface area contributed by atoms with Gasteiger partial charge in [0, 0.05) is 16.9 Å². The number of carbonyl (C=O) groups excluding carboxylic acids is 1. The first kappa shape index (κ1) is 20.6. The molecule has 3 rings (SSSR count). The Morgan fingerprint density at radius 3 is 2.48 bits per heavy atom. The monoisotopic (exact) mass is 417 g/mol. The predicted molar refractivity (Wildman–Crippen MR) is 99.1 cm³/mol. The summed E-state index contributed by atoms with van der Waals surface area (Å²) in [7, 11) is 0. The van der Waals surface area contributed by atoms with Gasteiger partial charge in [-0.15, -0.1) is 0 Å². The number of carbonyl (C=O) groups is 1.